The molecule has 3 rings (SSSR count). The highest BCUT2D eigenvalue weighted by atomic mass is 16.2. The summed E-state index contributed by atoms with van der Waals surface area (Å²) in [4.78, 5) is 26.8. The first-order valence-electron chi connectivity index (χ1n) is 7.43. The molecule has 5 nitrogen and oxygen atoms in total. The Kier molecular flexibility index (Phi) is 4.38. The number of aromatic nitrogens is 1. The number of aromatic amines is 1. The molecule has 0 aliphatic heterocycles. The van der Waals surface area contributed by atoms with Gasteiger partial charge in [-0.1, -0.05) is 48.5 Å². The Balaban J connectivity index is 1.51. The number of carbonyl (C=O) groups excluding carboxylic acids is 2. The molecule has 2 amide bonds. The van der Waals surface area contributed by atoms with E-state index in [2.05, 4.69) is 15.8 Å². The van der Waals surface area contributed by atoms with E-state index in [1.807, 2.05) is 54.6 Å². The molecule has 0 atom stereocenters. The Morgan fingerprint density at radius 3 is 2.43 bits per heavy atom. The number of benzene rings is 2. The fourth-order valence-corrected chi connectivity index (χ4v) is 2.35. The van der Waals surface area contributed by atoms with E-state index in [0.717, 1.165) is 16.5 Å². The van der Waals surface area contributed by atoms with E-state index in [-0.39, 0.29) is 11.8 Å². The Morgan fingerprint density at radius 2 is 1.65 bits per heavy atom. The highest BCUT2D eigenvalue weighted by molar-refractivity contribution is 5.98. The van der Waals surface area contributed by atoms with E-state index in [1.54, 1.807) is 6.07 Å². The van der Waals surface area contributed by atoms with Crippen LogP contribution in [0.4, 0.5) is 0 Å². The summed E-state index contributed by atoms with van der Waals surface area (Å²) in [6.07, 6.45) is 0.950. The van der Waals surface area contributed by atoms with Crippen LogP contribution in [0.25, 0.3) is 10.9 Å². The fraction of sp³-hybridized carbons (Fsp3) is 0.111. The number of hydrazine groups is 1. The third kappa shape index (κ3) is 3.77. The average Bonchev–Trinajstić information content (AvgIpc) is 3.03. The Morgan fingerprint density at radius 1 is 0.913 bits per heavy atom. The Hall–Kier alpha value is -3.08. The lowest BCUT2D eigenvalue weighted by Gasteiger charge is -2.06. The molecular formula is C18H17N3O2. The van der Waals surface area contributed by atoms with E-state index < -0.39 is 0 Å². The SMILES string of the molecule is O=C(CCc1ccccc1)NNC(=O)c1cc2ccccc2[nH]1. The van der Waals surface area contributed by atoms with Crippen LogP contribution in [0.15, 0.2) is 60.7 Å². The summed E-state index contributed by atoms with van der Waals surface area (Å²) in [5, 5.41) is 0.952. The molecule has 23 heavy (non-hydrogen) atoms. The van der Waals surface area contributed by atoms with E-state index in [4.69, 9.17) is 0 Å². The van der Waals surface area contributed by atoms with Gasteiger partial charge in [0.15, 0.2) is 0 Å². The van der Waals surface area contributed by atoms with Gasteiger partial charge >= 0.3 is 0 Å². The summed E-state index contributed by atoms with van der Waals surface area (Å²) < 4.78 is 0. The molecule has 0 saturated heterocycles. The summed E-state index contributed by atoms with van der Waals surface area (Å²) in [6, 6.07) is 19.1. The summed E-state index contributed by atoms with van der Waals surface area (Å²) in [6.45, 7) is 0. The number of para-hydroxylation sites is 1. The maximum Gasteiger partial charge on any atom is 0.286 e. The quantitative estimate of drug-likeness (QED) is 0.648. The summed E-state index contributed by atoms with van der Waals surface area (Å²) in [5.41, 5.74) is 7.24. The van der Waals surface area contributed by atoms with Crippen molar-refractivity contribution < 1.29 is 9.59 Å². The fourth-order valence-electron chi connectivity index (χ4n) is 2.35. The average molecular weight is 307 g/mol. The second kappa shape index (κ2) is 6.79. The van der Waals surface area contributed by atoms with Gasteiger partial charge in [-0.15, -0.1) is 0 Å². The molecule has 3 N–H and O–H groups in total. The molecule has 3 aromatic rings. The molecule has 0 unspecified atom stereocenters. The van der Waals surface area contributed by atoms with Crippen LogP contribution >= 0.6 is 0 Å². The van der Waals surface area contributed by atoms with Crippen LogP contribution in [-0.2, 0) is 11.2 Å². The van der Waals surface area contributed by atoms with Crippen LogP contribution in [0, 0.1) is 0 Å². The van der Waals surface area contributed by atoms with Gasteiger partial charge in [0.05, 0.1) is 0 Å². The number of hydrogen-bond donors (Lipinski definition) is 3. The van der Waals surface area contributed by atoms with Crippen molar-refractivity contribution in [2.75, 3.05) is 0 Å². The lowest BCUT2D eigenvalue weighted by atomic mass is 10.1. The predicted octanol–water partition coefficient (Wildman–Crippen LogP) is 2.56. The van der Waals surface area contributed by atoms with Crippen LogP contribution in [0.1, 0.15) is 22.5 Å². The standard InChI is InChI=1S/C18H17N3O2/c22-17(11-10-13-6-2-1-3-7-13)20-21-18(23)16-12-14-8-4-5-9-15(14)19-16/h1-9,12,19H,10-11H2,(H,20,22)(H,21,23). The van der Waals surface area contributed by atoms with Gasteiger partial charge in [0, 0.05) is 17.3 Å². The molecular weight excluding hydrogens is 290 g/mol. The van der Waals surface area contributed by atoms with Crippen molar-refractivity contribution in [1.82, 2.24) is 15.8 Å². The van der Waals surface area contributed by atoms with Gasteiger partial charge in [0.25, 0.3) is 5.91 Å². The van der Waals surface area contributed by atoms with Crippen molar-refractivity contribution >= 4 is 22.7 Å². The first-order chi connectivity index (χ1) is 11.2. The molecule has 1 heterocycles. The third-order valence-corrected chi connectivity index (χ3v) is 3.57. The molecule has 2 aromatic carbocycles. The van der Waals surface area contributed by atoms with Gasteiger partial charge in [0.2, 0.25) is 5.91 Å². The first kappa shape index (κ1) is 14.8. The molecule has 0 aliphatic carbocycles. The van der Waals surface area contributed by atoms with Gasteiger partial charge in [0.1, 0.15) is 5.69 Å². The lowest BCUT2D eigenvalue weighted by molar-refractivity contribution is -0.121. The van der Waals surface area contributed by atoms with Crippen LogP contribution < -0.4 is 10.9 Å². The van der Waals surface area contributed by atoms with E-state index in [0.29, 0.717) is 18.5 Å². The molecule has 0 fully saturated rings. The van der Waals surface area contributed by atoms with Gasteiger partial charge in [-0.2, -0.15) is 0 Å². The number of amides is 2. The molecule has 0 aliphatic rings. The second-order valence-electron chi connectivity index (χ2n) is 5.26. The zero-order chi connectivity index (χ0) is 16.1. The summed E-state index contributed by atoms with van der Waals surface area (Å²) >= 11 is 0. The summed E-state index contributed by atoms with van der Waals surface area (Å²) in [5.74, 6) is -0.590. The Bertz CT molecular complexity index is 791. The van der Waals surface area contributed by atoms with Crippen molar-refractivity contribution in [2.45, 2.75) is 12.8 Å². The zero-order valence-corrected chi connectivity index (χ0v) is 12.5. The lowest BCUT2D eigenvalue weighted by Crippen LogP contribution is -2.41. The minimum atomic E-state index is -0.366. The molecule has 5 heteroatoms. The van der Waals surface area contributed by atoms with Gasteiger partial charge in [-0.05, 0) is 24.1 Å². The normalized spacial score (nSPS) is 10.4. The van der Waals surface area contributed by atoms with Crippen molar-refractivity contribution in [2.24, 2.45) is 0 Å². The minimum absolute atomic E-state index is 0.224. The number of aryl methyl sites for hydroxylation is 1. The molecule has 116 valence electrons. The zero-order valence-electron chi connectivity index (χ0n) is 12.5. The number of fused-ring (bicyclic) bond motifs is 1. The maximum absolute atomic E-state index is 12.0. The smallest absolute Gasteiger partial charge is 0.286 e. The molecule has 1 aromatic heterocycles. The minimum Gasteiger partial charge on any atom is -0.350 e. The van der Waals surface area contributed by atoms with Crippen molar-refractivity contribution in [3.05, 3.63) is 71.9 Å². The third-order valence-electron chi connectivity index (χ3n) is 3.57. The van der Waals surface area contributed by atoms with Crippen LogP contribution in [-0.4, -0.2) is 16.8 Å². The molecule has 0 bridgehead atoms. The second-order valence-corrected chi connectivity index (χ2v) is 5.26. The van der Waals surface area contributed by atoms with Crippen molar-refractivity contribution in [3.63, 3.8) is 0 Å². The van der Waals surface area contributed by atoms with Gasteiger partial charge < -0.3 is 4.98 Å². The summed E-state index contributed by atoms with van der Waals surface area (Å²) in [7, 11) is 0. The van der Waals surface area contributed by atoms with Crippen LogP contribution in [0.5, 0.6) is 0 Å². The van der Waals surface area contributed by atoms with E-state index in [1.165, 1.54) is 0 Å². The predicted molar refractivity (Wildman–Crippen MR) is 88.7 cm³/mol. The molecule has 0 saturated carbocycles. The van der Waals surface area contributed by atoms with Gasteiger partial charge in [-0.25, -0.2) is 0 Å². The Labute approximate surface area is 133 Å². The number of hydrogen-bond acceptors (Lipinski definition) is 2. The van der Waals surface area contributed by atoms with Crippen LogP contribution in [0.2, 0.25) is 0 Å². The highest BCUT2D eigenvalue weighted by Crippen LogP contribution is 2.14. The molecule has 0 radical (unpaired) electrons. The van der Waals surface area contributed by atoms with E-state index >= 15 is 0 Å². The number of H-pyrrole nitrogens is 1. The van der Waals surface area contributed by atoms with Gasteiger partial charge in [-0.3, -0.25) is 20.4 Å². The van der Waals surface area contributed by atoms with Crippen molar-refractivity contribution in [3.8, 4) is 0 Å². The first-order valence-corrected chi connectivity index (χ1v) is 7.43. The van der Waals surface area contributed by atoms with Crippen LogP contribution in [0.3, 0.4) is 0 Å². The monoisotopic (exact) mass is 307 g/mol. The van der Waals surface area contributed by atoms with Crippen molar-refractivity contribution in [1.29, 1.82) is 0 Å². The topological polar surface area (TPSA) is 74.0 Å². The van der Waals surface area contributed by atoms with E-state index in [9.17, 15) is 9.59 Å². The largest absolute Gasteiger partial charge is 0.350 e. The number of carbonyl (C=O) groups is 2. The molecule has 0 spiro atoms. The maximum atomic E-state index is 12.0. The highest BCUT2D eigenvalue weighted by Gasteiger charge is 2.10. The number of nitrogens with one attached hydrogen (secondary N) is 3. The number of rotatable bonds is 4.